The number of hydrogen-bond donors (Lipinski definition) is 1. The molecule has 2 aromatic rings. The molecule has 38 heavy (non-hydrogen) atoms. The maximum Gasteiger partial charge on any atom is 0.328 e. The molecule has 3 amide bonds. The zero-order chi connectivity index (χ0) is 27.2. The van der Waals surface area contributed by atoms with Crippen molar-refractivity contribution in [1.82, 2.24) is 19.8 Å². The second kappa shape index (κ2) is 12.3. The van der Waals surface area contributed by atoms with Crippen molar-refractivity contribution in [1.29, 1.82) is 5.26 Å². The molecule has 12 heteroatoms. The number of anilines is 2. The van der Waals surface area contributed by atoms with Crippen LogP contribution < -0.4 is 19.7 Å². The predicted molar refractivity (Wildman–Crippen MR) is 146 cm³/mol. The van der Waals surface area contributed by atoms with Gasteiger partial charge in [0.1, 0.15) is 35.1 Å². The number of hydrogen-bond acceptors (Lipinski definition) is 9. The van der Waals surface area contributed by atoms with Gasteiger partial charge in [0.05, 0.1) is 26.4 Å². The van der Waals surface area contributed by atoms with Crippen LogP contribution in [0.4, 0.5) is 16.4 Å². The van der Waals surface area contributed by atoms with Crippen molar-refractivity contribution >= 4 is 35.3 Å². The number of methoxy groups -OCH3 is 1. The predicted octanol–water partition coefficient (Wildman–Crippen LogP) is 2.75. The second-order valence-corrected chi connectivity index (χ2v) is 10.3. The normalized spacial score (nSPS) is 16.4. The number of ether oxygens (including phenoxy) is 2. The highest BCUT2D eigenvalue weighted by Gasteiger charge is 2.29. The van der Waals surface area contributed by atoms with Gasteiger partial charge in [-0.2, -0.15) is 22.0 Å². The summed E-state index contributed by atoms with van der Waals surface area (Å²) in [5.41, 5.74) is 2.05. The van der Waals surface area contributed by atoms with Crippen molar-refractivity contribution in [2.24, 2.45) is 0 Å². The van der Waals surface area contributed by atoms with E-state index in [-0.39, 0.29) is 23.9 Å². The van der Waals surface area contributed by atoms with Gasteiger partial charge in [-0.3, -0.25) is 19.9 Å². The summed E-state index contributed by atoms with van der Waals surface area (Å²) in [5.74, 6) is 2.41. The molecule has 1 saturated heterocycles. The second-order valence-electron chi connectivity index (χ2n) is 9.44. The van der Waals surface area contributed by atoms with Gasteiger partial charge in [0, 0.05) is 37.0 Å². The van der Waals surface area contributed by atoms with Gasteiger partial charge in [0.2, 0.25) is 11.8 Å². The number of piperazine rings is 1. The standard InChI is InChI=1S/C26H33N7O4S/c1-17(16-38-4)37-21-11-22(28-13-20(21)12-27)29-26(35)33-7-5-6-18-10-19(25(36-3)30-24(18)33)14-32-9-8-31(2)15-23(32)34/h10-11,13,17H,5-9,14-16H2,1-4H3,(H,28,29,35). The van der Waals surface area contributed by atoms with Crippen molar-refractivity contribution in [3.05, 3.63) is 35.0 Å². The van der Waals surface area contributed by atoms with E-state index >= 15 is 0 Å². The molecular formula is C26H33N7O4S. The van der Waals surface area contributed by atoms with E-state index in [1.807, 2.05) is 36.1 Å². The van der Waals surface area contributed by atoms with Gasteiger partial charge in [0.25, 0.3) is 0 Å². The first kappa shape index (κ1) is 27.5. The van der Waals surface area contributed by atoms with E-state index in [9.17, 15) is 14.9 Å². The van der Waals surface area contributed by atoms with Crippen LogP contribution in [0.3, 0.4) is 0 Å². The van der Waals surface area contributed by atoms with Gasteiger partial charge >= 0.3 is 6.03 Å². The monoisotopic (exact) mass is 539 g/mol. The molecule has 0 spiro atoms. The summed E-state index contributed by atoms with van der Waals surface area (Å²) >= 11 is 1.64. The lowest BCUT2D eigenvalue weighted by Gasteiger charge is -2.33. The van der Waals surface area contributed by atoms with Crippen LogP contribution in [0.15, 0.2) is 18.3 Å². The maximum absolute atomic E-state index is 13.3. The SMILES string of the molecule is COc1nc2c(cc1CN1CCN(C)CC1=O)CCCN2C(=O)Nc1cc(OC(C)CSC)c(C#N)cn1. The third-order valence-electron chi connectivity index (χ3n) is 6.46. The van der Waals surface area contributed by atoms with E-state index in [0.29, 0.717) is 49.2 Å². The summed E-state index contributed by atoms with van der Waals surface area (Å²) in [6.45, 7) is 4.66. The molecule has 0 bridgehead atoms. The Morgan fingerprint density at radius 3 is 2.84 bits per heavy atom. The van der Waals surface area contributed by atoms with Crippen molar-refractivity contribution in [2.75, 3.05) is 62.6 Å². The largest absolute Gasteiger partial charge is 0.488 e. The lowest BCUT2D eigenvalue weighted by Crippen LogP contribution is -2.48. The Balaban J connectivity index is 1.53. The first-order chi connectivity index (χ1) is 18.3. The van der Waals surface area contributed by atoms with Crippen LogP contribution in [0.1, 0.15) is 30.0 Å². The Labute approximate surface area is 227 Å². The molecule has 1 N–H and O–H groups in total. The number of amides is 3. The fraction of sp³-hybridized carbons (Fsp3) is 0.500. The van der Waals surface area contributed by atoms with E-state index in [1.165, 1.54) is 13.3 Å². The number of rotatable bonds is 8. The van der Waals surface area contributed by atoms with Crippen molar-refractivity contribution in [2.45, 2.75) is 32.4 Å². The molecule has 2 aliphatic rings. The van der Waals surface area contributed by atoms with Crippen LogP contribution in [-0.2, 0) is 17.8 Å². The smallest absolute Gasteiger partial charge is 0.328 e. The minimum Gasteiger partial charge on any atom is -0.488 e. The van der Waals surface area contributed by atoms with Gasteiger partial charge in [-0.25, -0.2) is 9.78 Å². The van der Waals surface area contributed by atoms with E-state index < -0.39 is 0 Å². The van der Waals surface area contributed by atoms with E-state index in [0.717, 1.165) is 36.3 Å². The van der Waals surface area contributed by atoms with Gasteiger partial charge in [0.15, 0.2) is 0 Å². The van der Waals surface area contributed by atoms with Crippen LogP contribution in [0, 0.1) is 11.3 Å². The first-order valence-corrected chi connectivity index (χ1v) is 13.9. The van der Waals surface area contributed by atoms with Crippen LogP contribution in [-0.4, -0.2) is 90.2 Å². The number of pyridine rings is 2. The van der Waals surface area contributed by atoms with E-state index in [4.69, 9.17) is 14.5 Å². The van der Waals surface area contributed by atoms with Gasteiger partial charge in [-0.15, -0.1) is 0 Å². The van der Waals surface area contributed by atoms with Crippen LogP contribution in [0.5, 0.6) is 11.6 Å². The number of carbonyl (C=O) groups excluding carboxylic acids is 2. The highest BCUT2D eigenvalue weighted by Crippen LogP contribution is 2.32. The van der Waals surface area contributed by atoms with Crippen molar-refractivity contribution in [3.8, 4) is 17.7 Å². The van der Waals surface area contributed by atoms with Crippen LogP contribution in [0.25, 0.3) is 0 Å². The molecule has 0 saturated carbocycles. The minimum absolute atomic E-state index is 0.0700. The molecule has 0 aromatic carbocycles. The van der Waals surface area contributed by atoms with Gasteiger partial charge in [-0.1, -0.05) is 0 Å². The number of urea groups is 1. The number of carbonyl (C=O) groups is 2. The molecule has 4 heterocycles. The number of thioether (sulfide) groups is 1. The number of nitrogens with zero attached hydrogens (tertiary/aromatic N) is 6. The lowest BCUT2D eigenvalue weighted by atomic mass is 10.0. The number of nitriles is 1. The lowest BCUT2D eigenvalue weighted by molar-refractivity contribution is -0.136. The van der Waals surface area contributed by atoms with E-state index in [1.54, 1.807) is 22.7 Å². The zero-order valence-corrected chi connectivity index (χ0v) is 23.0. The maximum atomic E-state index is 13.3. The molecule has 202 valence electrons. The molecule has 1 atom stereocenters. The van der Waals surface area contributed by atoms with Crippen LogP contribution in [0.2, 0.25) is 0 Å². The Morgan fingerprint density at radius 1 is 1.32 bits per heavy atom. The molecule has 4 rings (SSSR count). The molecular weight excluding hydrogens is 506 g/mol. The van der Waals surface area contributed by atoms with Crippen molar-refractivity contribution in [3.63, 3.8) is 0 Å². The molecule has 11 nitrogen and oxygen atoms in total. The number of aryl methyl sites for hydroxylation is 1. The Bertz CT molecular complexity index is 1230. The summed E-state index contributed by atoms with van der Waals surface area (Å²) in [6.07, 6.45) is 4.80. The fourth-order valence-electron chi connectivity index (χ4n) is 4.56. The fourth-order valence-corrected chi connectivity index (χ4v) is 5.10. The molecule has 2 aromatic heterocycles. The molecule has 1 fully saturated rings. The highest BCUT2D eigenvalue weighted by atomic mass is 32.2. The molecule has 0 aliphatic carbocycles. The number of fused-ring (bicyclic) bond motifs is 1. The summed E-state index contributed by atoms with van der Waals surface area (Å²) < 4.78 is 11.5. The van der Waals surface area contributed by atoms with Gasteiger partial charge in [-0.05, 0) is 44.7 Å². The summed E-state index contributed by atoms with van der Waals surface area (Å²) in [6, 6.07) is 5.26. The Morgan fingerprint density at radius 2 is 2.13 bits per heavy atom. The summed E-state index contributed by atoms with van der Waals surface area (Å²) in [5, 5.41) is 12.3. The quantitative estimate of drug-likeness (QED) is 0.539. The zero-order valence-electron chi connectivity index (χ0n) is 22.2. The Kier molecular flexibility index (Phi) is 8.91. The van der Waals surface area contributed by atoms with Gasteiger partial charge < -0.3 is 14.4 Å². The minimum atomic E-state index is -0.386. The number of nitrogens with one attached hydrogen (secondary N) is 1. The molecule has 0 radical (unpaired) electrons. The Hall–Kier alpha value is -3.56. The van der Waals surface area contributed by atoms with E-state index in [2.05, 4.69) is 16.4 Å². The highest BCUT2D eigenvalue weighted by molar-refractivity contribution is 7.98. The molecule has 2 aliphatic heterocycles. The number of likely N-dealkylation sites (N-methyl/N-ethyl adjacent to an activating group) is 1. The third-order valence-corrected chi connectivity index (χ3v) is 7.26. The van der Waals surface area contributed by atoms with Crippen molar-refractivity contribution < 1.29 is 19.1 Å². The third kappa shape index (κ3) is 6.28. The first-order valence-electron chi connectivity index (χ1n) is 12.5. The average Bonchev–Trinajstić information content (AvgIpc) is 2.89. The number of aromatic nitrogens is 2. The molecule has 1 unspecified atom stereocenters. The topological polar surface area (TPSA) is 124 Å². The summed E-state index contributed by atoms with van der Waals surface area (Å²) in [7, 11) is 3.47. The summed E-state index contributed by atoms with van der Waals surface area (Å²) in [4.78, 5) is 40.1. The average molecular weight is 540 g/mol. The van der Waals surface area contributed by atoms with Crippen LogP contribution >= 0.6 is 11.8 Å².